The lowest BCUT2D eigenvalue weighted by molar-refractivity contribution is -0.135. The van der Waals surface area contributed by atoms with Gasteiger partial charge in [-0.05, 0) is 19.3 Å². The number of amides is 2. The summed E-state index contributed by atoms with van der Waals surface area (Å²) < 4.78 is 0. The highest BCUT2D eigenvalue weighted by Crippen LogP contribution is 2.10. The number of hydrogen-bond donors (Lipinski definition) is 2. The van der Waals surface area contributed by atoms with Crippen molar-refractivity contribution < 1.29 is 9.59 Å². The van der Waals surface area contributed by atoms with Crippen LogP contribution in [0.25, 0.3) is 0 Å². The zero-order valence-corrected chi connectivity index (χ0v) is 12.0. The Labute approximate surface area is 115 Å². The Hall–Kier alpha value is -1.10. The summed E-state index contributed by atoms with van der Waals surface area (Å²) in [5.74, 6) is 0.0207. The molecule has 0 aromatic carbocycles. The molecule has 1 unspecified atom stereocenters. The van der Waals surface area contributed by atoms with Crippen LogP contribution < -0.4 is 11.1 Å². The van der Waals surface area contributed by atoms with E-state index in [0.717, 1.165) is 38.5 Å². The molecule has 1 rings (SSSR count). The monoisotopic (exact) mass is 269 g/mol. The lowest BCUT2D eigenvalue weighted by Gasteiger charge is -2.22. The predicted molar refractivity (Wildman–Crippen MR) is 75.6 cm³/mol. The first-order valence-electron chi connectivity index (χ1n) is 7.44. The minimum atomic E-state index is -0.0817. The molecular weight excluding hydrogens is 242 g/mol. The third kappa shape index (κ3) is 6.05. The standard InChI is InChI=1S/C14H27N3O2/c1-2-3-7-12(10-15)16-13(18)11-17-9-6-4-5-8-14(17)19/h12H,2-11,15H2,1H3,(H,16,18). The maximum absolute atomic E-state index is 11.9. The first-order chi connectivity index (χ1) is 9.17. The highest BCUT2D eigenvalue weighted by molar-refractivity contribution is 5.85. The molecule has 1 aliphatic rings. The number of nitrogens with one attached hydrogen (secondary N) is 1. The summed E-state index contributed by atoms with van der Waals surface area (Å²) in [7, 11) is 0. The average molecular weight is 269 g/mol. The largest absolute Gasteiger partial charge is 0.351 e. The van der Waals surface area contributed by atoms with Gasteiger partial charge < -0.3 is 16.0 Å². The Balaban J connectivity index is 2.37. The van der Waals surface area contributed by atoms with Crippen LogP contribution in [0, 0.1) is 0 Å². The zero-order chi connectivity index (χ0) is 14.1. The second-order valence-corrected chi connectivity index (χ2v) is 5.27. The third-order valence-corrected chi connectivity index (χ3v) is 3.56. The molecule has 3 N–H and O–H groups in total. The van der Waals surface area contributed by atoms with Gasteiger partial charge in [0.1, 0.15) is 0 Å². The average Bonchev–Trinajstić information content (AvgIpc) is 2.60. The van der Waals surface area contributed by atoms with E-state index in [9.17, 15) is 9.59 Å². The summed E-state index contributed by atoms with van der Waals surface area (Å²) in [4.78, 5) is 25.4. The normalized spacial score (nSPS) is 18.0. The summed E-state index contributed by atoms with van der Waals surface area (Å²) in [6.07, 6.45) is 6.65. The minimum Gasteiger partial charge on any atom is -0.351 e. The van der Waals surface area contributed by atoms with E-state index >= 15 is 0 Å². The first kappa shape index (κ1) is 16.0. The van der Waals surface area contributed by atoms with Gasteiger partial charge in [0.25, 0.3) is 0 Å². The van der Waals surface area contributed by atoms with Gasteiger partial charge in [0.05, 0.1) is 6.54 Å². The molecule has 19 heavy (non-hydrogen) atoms. The molecule has 0 aromatic rings. The number of unbranched alkanes of at least 4 members (excludes halogenated alkanes) is 1. The second-order valence-electron chi connectivity index (χ2n) is 5.27. The molecule has 0 radical (unpaired) electrons. The van der Waals surface area contributed by atoms with Gasteiger partial charge in [0, 0.05) is 25.6 Å². The fourth-order valence-electron chi connectivity index (χ4n) is 2.35. The van der Waals surface area contributed by atoms with E-state index in [0.29, 0.717) is 19.5 Å². The summed E-state index contributed by atoms with van der Waals surface area (Å²) in [5.41, 5.74) is 5.65. The summed E-state index contributed by atoms with van der Waals surface area (Å²) >= 11 is 0. The minimum absolute atomic E-state index is 0.0366. The molecule has 0 saturated carbocycles. The molecule has 1 fully saturated rings. The van der Waals surface area contributed by atoms with E-state index in [1.54, 1.807) is 4.90 Å². The number of likely N-dealkylation sites (tertiary alicyclic amines) is 1. The molecule has 5 heteroatoms. The molecule has 0 aliphatic carbocycles. The maximum Gasteiger partial charge on any atom is 0.239 e. The van der Waals surface area contributed by atoms with E-state index in [1.807, 2.05) is 0 Å². The molecule has 0 bridgehead atoms. The van der Waals surface area contributed by atoms with Crippen LogP contribution in [-0.4, -0.2) is 42.4 Å². The van der Waals surface area contributed by atoms with Crippen molar-refractivity contribution in [3.63, 3.8) is 0 Å². The van der Waals surface area contributed by atoms with Crippen LogP contribution in [0.1, 0.15) is 51.9 Å². The van der Waals surface area contributed by atoms with Gasteiger partial charge in [-0.3, -0.25) is 9.59 Å². The number of hydrogen-bond acceptors (Lipinski definition) is 3. The number of carbonyl (C=O) groups excluding carboxylic acids is 2. The first-order valence-corrected chi connectivity index (χ1v) is 7.44. The van der Waals surface area contributed by atoms with Gasteiger partial charge in [-0.15, -0.1) is 0 Å². The van der Waals surface area contributed by atoms with Gasteiger partial charge in [0.15, 0.2) is 0 Å². The predicted octanol–water partition coefficient (Wildman–Crippen LogP) is 1.02. The number of rotatable bonds is 7. The fraction of sp³-hybridized carbons (Fsp3) is 0.857. The van der Waals surface area contributed by atoms with Crippen molar-refractivity contribution in [3.05, 3.63) is 0 Å². The van der Waals surface area contributed by atoms with E-state index in [4.69, 9.17) is 5.73 Å². The fourth-order valence-corrected chi connectivity index (χ4v) is 2.35. The van der Waals surface area contributed by atoms with Gasteiger partial charge in [-0.2, -0.15) is 0 Å². The molecule has 1 heterocycles. The van der Waals surface area contributed by atoms with Crippen molar-refractivity contribution in [1.29, 1.82) is 0 Å². The van der Waals surface area contributed by atoms with Crippen molar-refractivity contribution >= 4 is 11.8 Å². The SMILES string of the molecule is CCCCC(CN)NC(=O)CN1CCCCCC1=O. The number of nitrogens with two attached hydrogens (primary N) is 1. The highest BCUT2D eigenvalue weighted by Gasteiger charge is 2.20. The smallest absolute Gasteiger partial charge is 0.239 e. The second kappa shape index (κ2) is 8.91. The van der Waals surface area contributed by atoms with E-state index < -0.39 is 0 Å². The molecule has 1 atom stereocenters. The van der Waals surface area contributed by atoms with Crippen LogP contribution >= 0.6 is 0 Å². The number of nitrogens with zero attached hydrogens (tertiary/aromatic N) is 1. The molecule has 1 aliphatic heterocycles. The van der Waals surface area contributed by atoms with Crippen LogP contribution in [0.5, 0.6) is 0 Å². The van der Waals surface area contributed by atoms with Crippen molar-refractivity contribution in [2.45, 2.75) is 57.9 Å². The molecule has 0 spiro atoms. The van der Waals surface area contributed by atoms with Crippen LogP contribution in [0.2, 0.25) is 0 Å². The summed E-state index contributed by atoms with van der Waals surface area (Å²) in [5, 5.41) is 2.93. The quantitative estimate of drug-likeness (QED) is 0.724. The topological polar surface area (TPSA) is 75.4 Å². The van der Waals surface area contributed by atoms with Gasteiger partial charge >= 0.3 is 0 Å². The van der Waals surface area contributed by atoms with Gasteiger partial charge in [-0.1, -0.05) is 26.2 Å². The van der Waals surface area contributed by atoms with E-state index in [2.05, 4.69) is 12.2 Å². The van der Waals surface area contributed by atoms with Gasteiger partial charge in [-0.25, -0.2) is 0 Å². The zero-order valence-electron chi connectivity index (χ0n) is 12.0. The maximum atomic E-state index is 11.9. The van der Waals surface area contributed by atoms with E-state index in [-0.39, 0.29) is 24.4 Å². The van der Waals surface area contributed by atoms with Crippen molar-refractivity contribution in [3.8, 4) is 0 Å². The third-order valence-electron chi connectivity index (χ3n) is 3.56. The summed E-state index contributed by atoms with van der Waals surface area (Å²) in [6, 6.07) is 0.0366. The van der Waals surface area contributed by atoms with Crippen LogP contribution in [0.3, 0.4) is 0 Å². The highest BCUT2D eigenvalue weighted by atomic mass is 16.2. The lowest BCUT2D eigenvalue weighted by atomic mass is 10.1. The van der Waals surface area contributed by atoms with Crippen molar-refractivity contribution in [2.24, 2.45) is 5.73 Å². The molecule has 0 aromatic heterocycles. The molecular formula is C14H27N3O2. The Morgan fingerprint density at radius 3 is 2.89 bits per heavy atom. The van der Waals surface area contributed by atoms with Crippen LogP contribution in [0.15, 0.2) is 0 Å². The Bertz CT molecular complexity index is 294. The lowest BCUT2D eigenvalue weighted by Crippen LogP contribution is -2.46. The Morgan fingerprint density at radius 2 is 2.21 bits per heavy atom. The summed E-state index contributed by atoms with van der Waals surface area (Å²) in [6.45, 7) is 3.46. The van der Waals surface area contributed by atoms with Crippen molar-refractivity contribution in [1.82, 2.24) is 10.2 Å². The molecule has 2 amide bonds. The Kier molecular flexibility index (Phi) is 7.48. The Morgan fingerprint density at radius 1 is 1.42 bits per heavy atom. The van der Waals surface area contributed by atoms with Crippen molar-refractivity contribution in [2.75, 3.05) is 19.6 Å². The number of carbonyl (C=O) groups is 2. The van der Waals surface area contributed by atoms with Crippen LogP contribution in [0.4, 0.5) is 0 Å². The molecule has 1 saturated heterocycles. The van der Waals surface area contributed by atoms with Gasteiger partial charge in [0.2, 0.25) is 11.8 Å². The molecule has 110 valence electrons. The van der Waals surface area contributed by atoms with E-state index in [1.165, 1.54) is 0 Å². The van der Waals surface area contributed by atoms with Crippen LogP contribution in [-0.2, 0) is 9.59 Å². The molecule has 5 nitrogen and oxygen atoms in total.